The van der Waals surface area contributed by atoms with E-state index in [1.54, 1.807) is 0 Å². The molecule has 2 heterocycles. The number of rotatable bonds is 3. The highest BCUT2D eigenvalue weighted by Crippen LogP contribution is 2.29. The molecule has 0 bridgehead atoms. The Balaban J connectivity index is 2.32. The van der Waals surface area contributed by atoms with Crippen LogP contribution in [0, 0.1) is 25.7 Å². The molecule has 1 saturated heterocycles. The molecule has 0 spiro atoms. The molecule has 19 heavy (non-hydrogen) atoms. The minimum Gasteiger partial charge on any atom is -0.370 e. The minimum atomic E-state index is 0.737. The first kappa shape index (κ1) is 14.1. The van der Waals surface area contributed by atoms with Crippen molar-refractivity contribution in [2.75, 3.05) is 29.9 Å². The molecule has 1 aliphatic heterocycles. The number of nitrogens with one attached hydrogen (secondary N) is 1. The Hall–Kier alpha value is -1.32. The molecule has 4 nitrogen and oxygen atoms in total. The van der Waals surface area contributed by atoms with Crippen molar-refractivity contribution in [1.82, 2.24) is 9.97 Å². The zero-order valence-corrected chi connectivity index (χ0v) is 12.8. The molecule has 106 valence electrons. The molecular formula is C15H26N4. The van der Waals surface area contributed by atoms with Crippen LogP contribution in [0.1, 0.15) is 38.6 Å². The third-order valence-corrected chi connectivity index (χ3v) is 3.74. The van der Waals surface area contributed by atoms with Gasteiger partial charge in [-0.2, -0.15) is 0 Å². The average molecular weight is 262 g/mol. The van der Waals surface area contributed by atoms with Crippen molar-refractivity contribution in [1.29, 1.82) is 0 Å². The molecule has 1 fully saturated rings. The first-order valence-corrected chi connectivity index (χ1v) is 7.35. The van der Waals surface area contributed by atoms with Crippen molar-refractivity contribution in [3.05, 3.63) is 11.4 Å². The molecule has 0 aliphatic carbocycles. The van der Waals surface area contributed by atoms with E-state index in [-0.39, 0.29) is 0 Å². The van der Waals surface area contributed by atoms with Crippen molar-refractivity contribution in [3.8, 4) is 0 Å². The summed E-state index contributed by atoms with van der Waals surface area (Å²) in [6.07, 6.45) is 1.32. The molecule has 2 atom stereocenters. The molecular weight excluding hydrogens is 236 g/mol. The number of hydrogen-bond acceptors (Lipinski definition) is 4. The predicted molar refractivity (Wildman–Crippen MR) is 80.8 cm³/mol. The van der Waals surface area contributed by atoms with E-state index in [1.165, 1.54) is 12.0 Å². The van der Waals surface area contributed by atoms with Crippen molar-refractivity contribution in [3.63, 3.8) is 0 Å². The highest BCUT2D eigenvalue weighted by atomic mass is 15.2. The monoisotopic (exact) mass is 262 g/mol. The fourth-order valence-corrected chi connectivity index (χ4v) is 3.10. The van der Waals surface area contributed by atoms with Gasteiger partial charge in [0.1, 0.15) is 17.5 Å². The number of aromatic nitrogens is 2. The molecule has 0 amide bonds. The van der Waals surface area contributed by atoms with E-state index in [2.05, 4.69) is 47.9 Å². The second kappa shape index (κ2) is 5.76. The second-order valence-corrected chi connectivity index (χ2v) is 5.95. The zero-order chi connectivity index (χ0) is 14.0. The van der Waals surface area contributed by atoms with Crippen LogP contribution in [0.3, 0.4) is 0 Å². The smallest absolute Gasteiger partial charge is 0.137 e. The Bertz CT molecular complexity index is 434. The molecule has 1 aromatic rings. The van der Waals surface area contributed by atoms with E-state index >= 15 is 0 Å². The van der Waals surface area contributed by atoms with Gasteiger partial charge in [0, 0.05) is 25.2 Å². The molecule has 1 aliphatic rings. The number of aryl methyl sites for hydroxylation is 1. The standard InChI is InChI=1S/C15H26N4/c1-6-16-14-12(4)15(18-13(5)17-14)19-8-10(2)7-11(3)9-19/h10-11H,6-9H2,1-5H3,(H,16,17,18). The first-order chi connectivity index (χ1) is 9.01. The lowest BCUT2D eigenvalue weighted by Gasteiger charge is -2.36. The Morgan fingerprint density at radius 1 is 1.16 bits per heavy atom. The lowest BCUT2D eigenvalue weighted by molar-refractivity contribution is 0.355. The van der Waals surface area contributed by atoms with Crippen LogP contribution in [0.15, 0.2) is 0 Å². The Kier molecular flexibility index (Phi) is 4.27. The van der Waals surface area contributed by atoms with Gasteiger partial charge >= 0.3 is 0 Å². The normalized spacial score (nSPS) is 23.5. The summed E-state index contributed by atoms with van der Waals surface area (Å²) in [6, 6.07) is 0. The van der Waals surface area contributed by atoms with Gasteiger partial charge in [-0.3, -0.25) is 0 Å². The van der Waals surface area contributed by atoms with Gasteiger partial charge in [-0.15, -0.1) is 0 Å². The summed E-state index contributed by atoms with van der Waals surface area (Å²) in [4.78, 5) is 11.6. The minimum absolute atomic E-state index is 0.737. The van der Waals surface area contributed by atoms with Crippen LogP contribution in [0.2, 0.25) is 0 Å². The Morgan fingerprint density at radius 3 is 2.37 bits per heavy atom. The van der Waals surface area contributed by atoms with Gasteiger partial charge in [-0.25, -0.2) is 9.97 Å². The lowest BCUT2D eigenvalue weighted by atomic mass is 9.92. The summed E-state index contributed by atoms with van der Waals surface area (Å²) in [5, 5.41) is 3.34. The molecule has 0 radical (unpaired) electrons. The Morgan fingerprint density at radius 2 is 1.79 bits per heavy atom. The van der Waals surface area contributed by atoms with Crippen molar-refractivity contribution in [2.24, 2.45) is 11.8 Å². The van der Waals surface area contributed by atoms with Crippen LogP contribution in [0.5, 0.6) is 0 Å². The van der Waals surface area contributed by atoms with Crippen LogP contribution in [-0.2, 0) is 0 Å². The fourth-order valence-electron chi connectivity index (χ4n) is 3.10. The topological polar surface area (TPSA) is 41.1 Å². The summed E-state index contributed by atoms with van der Waals surface area (Å²) in [7, 11) is 0. The van der Waals surface area contributed by atoms with Crippen molar-refractivity contribution >= 4 is 11.6 Å². The van der Waals surface area contributed by atoms with E-state index < -0.39 is 0 Å². The van der Waals surface area contributed by atoms with Crippen LogP contribution >= 0.6 is 0 Å². The maximum absolute atomic E-state index is 4.68. The molecule has 4 heteroatoms. The maximum atomic E-state index is 4.68. The quantitative estimate of drug-likeness (QED) is 0.909. The van der Waals surface area contributed by atoms with Gasteiger partial charge < -0.3 is 10.2 Å². The van der Waals surface area contributed by atoms with Gasteiger partial charge in [-0.05, 0) is 39.0 Å². The van der Waals surface area contributed by atoms with Gasteiger partial charge in [0.15, 0.2) is 0 Å². The molecule has 0 saturated carbocycles. The van der Waals surface area contributed by atoms with E-state index in [0.29, 0.717) is 0 Å². The van der Waals surface area contributed by atoms with Crippen molar-refractivity contribution < 1.29 is 0 Å². The van der Waals surface area contributed by atoms with Crippen LogP contribution in [0.25, 0.3) is 0 Å². The molecule has 2 rings (SSSR count). The maximum Gasteiger partial charge on any atom is 0.137 e. The second-order valence-electron chi connectivity index (χ2n) is 5.95. The van der Waals surface area contributed by atoms with Gasteiger partial charge in [-0.1, -0.05) is 13.8 Å². The van der Waals surface area contributed by atoms with Crippen molar-refractivity contribution in [2.45, 2.75) is 41.0 Å². The Labute approximate surface area is 116 Å². The summed E-state index contributed by atoms with van der Waals surface area (Å²) in [5.74, 6) is 4.42. The zero-order valence-electron chi connectivity index (χ0n) is 12.8. The number of hydrogen-bond donors (Lipinski definition) is 1. The van der Waals surface area contributed by atoms with Gasteiger partial charge in [0.2, 0.25) is 0 Å². The van der Waals surface area contributed by atoms with E-state index in [9.17, 15) is 0 Å². The van der Waals surface area contributed by atoms with Crippen LogP contribution in [-0.4, -0.2) is 29.6 Å². The summed E-state index contributed by atoms with van der Waals surface area (Å²) in [6.45, 7) is 14.0. The first-order valence-electron chi connectivity index (χ1n) is 7.35. The third kappa shape index (κ3) is 3.17. The SMILES string of the molecule is CCNc1nc(C)nc(N2CC(C)CC(C)C2)c1C. The van der Waals surface area contributed by atoms with Gasteiger partial charge in [0.05, 0.1) is 0 Å². The third-order valence-electron chi connectivity index (χ3n) is 3.74. The summed E-state index contributed by atoms with van der Waals surface area (Å²) >= 11 is 0. The molecule has 0 aromatic carbocycles. The fraction of sp³-hybridized carbons (Fsp3) is 0.733. The predicted octanol–water partition coefficient (Wildman–Crippen LogP) is 3.01. The van der Waals surface area contributed by atoms with Gasteiger partial charge in [0.25, 0.3) is 0 Å². The highest BCUT2D eigenvalue weighted by molar-refractivity contribution is 5.58. The summed E-state index contributed by atoms with van der Waals surface area (Å²) < 4.78 is 0. The lowest BCUT2D eigenvalue weighted by Crippen LogP contribution is -2.39. The van der Waals surface area contributed by atoms with Crippen LogP contribution in [0.4, 0.5) is 11.6 Å². The van der Waals surface area contributed by atoms with E-state index in [1.807, 2.05) is 6.92 Å². The van der Waals surface area contributed by atoms with Crippen LogP contribution < -0.4 is 10.2 Å². The highest BCUT2D eigenvalue weighted by Gasteiger charge is 2.25. The molecule has 1 aromatic heterocycles. The number of nitrogens with zero attached hydrogens (tertiary/aromatic N) is 3. The number of piperidine rings is 1. The molecule has 1 N–H and O–H groups in total. The largest absolute Gasteiger partial charge is 0.370 e. The number of anilines is 2. The average Bonchev–Trinajstić information content (AvgIpc) is 2.32. The van der Waals surface area contributed by atoms with E-state index in [0.717, 1.165) is 48.9 Å². The summed E-state index contributed by atoms with van der Waals surface area (Å²) in [5.41, 5.74) is 1.17. The molecule has 2 unspecified atom stereocenters. The van der Waals surface area contributed by atoms with E-state index in [4.69, 9.17) is 0 Å².